The first-order chi connectivity index (χ1) is 13.3. The monoisotopic (exact) mass is 446 g/mol. The van der Waals surface area contributed by atoms with Crippen molar-refractivity contribution in [3.05, 3.63) is 67.5 Å². The highest BCUT2D eigenvalue weighted by Crippen LogP contribution is 2.30. The zero-order valence-corrected chi connectivity index (χ0v) is 17.1. The van der Waals surface area contributed by atoms with Crippen LogP contribution in [0.5, 0.6) is 0 Å². The van der Waals surface area contributed by atoms with Gasteiger partial charge in [-0.2, -0.15) is 0 Å². The van der Waals surface area contributed by atoms with E-state index in [1.54, 1.807) is 6.07 Å². The van der Waals surface area contributed by atoms with Crippen LogP contribution in [0.25, 0.3) is 0 Å². The van der Waals surface area contributed by atoms with Crippen molar-refractivity contribution in [1.82, 2.24) is 5.32 Å². The summed E-state index contributed by atoms with van der Waals surface area (Å²) in [5.41, 5.74) is 12.5. The number of benzene rings is 1. The van der Waals surface area contributed by atoms with Crippen molar-refractivity contribution in [3.8, 4) is 0 Å². The topological polar surface area (TPSA) is 93.5 Å². The van der Waals surface area contributed by atoms with Crippen LogP contribution in [0.3, 0.4) is 0 Å². The second-order valence-electron chi connectivity index (χ2n) is 5.74. The number of rotatable bonds is 7. The summed E-state index contributed by atoms with van der Waals surface area (Å²) < 4.78 is 26.8. The van der Waals surface area contributed by atoms with E-state index in [2.05, 4.69) is 10.3 Å². The predicted molar refractivity (Wildman–Crippen MR) is 110 cm³/mol. The molecule has 10 heteroatoms. The maximum Gasteiger partial charge on any atom is 0.261 e. The van der Waals surface area contributed by atoms with Crippen LogP contribution in [-0.4, -0.2) is 31.3 Å². The normalized spacial score (nSPS) is 13.5. The minimum atomic E-state index is -0.953. The van der Waals surface area contributed by atoms with Crippen molar-refractivity contribution < 1.29 is 13.6 Å². The standard InChI is InChI=1S/C18H18Cl2F2N4OS/c1-25-16(12(19)8-24)11-6-15(28-17(11)20)18(27)26-10(7-23)4-9-2-3-13(21)14(22)5-9/h2-3,5-6,8,10H,4,7,23-24H2,1H3,(H,26,27). The molecule has 5 N–H and O–H groups in total. The van der Waals surface area contributed by atoms with Crippen LogP contribution in [0.2, 0.25) is 4.34 Å². The van der Waals surface area contributed by atoms with Crippen LogP contribution >= 0.6 is 34.5 Å². The third kappa shape index (κ3) is 5.29. The molecule has 0 saturated carbocycles. The molecular formula is C18H18Cl2F2N4OS. The summed E-state index contributed by atoms with van der Waals surface area (Å²) in [5, 5.41) is 2.97. The second kappa shape index (κ2) is 9.97. The number of allylic oxidation sites excluding steroid dienone is 1. The van der Waals surface area contributed by atoms with Crippen molar-refractivity contribution in [2.24, 2.45) is 16.5 Å². The van der Waals surface area contributed by atoms with Gasteiger partial charge in [0.15, 0.2) is 11.6 Å². The van der Waals surface area contributed by atoms with E-state index in [1.165, 1.54) is 19.3 Å². The molecule has 1 amide bonds. The van der Waals surface area contributed by atoms with Crippen molar-refractivity contribution in [1.29, 1.82) is 0 Å². The van der Waals surface area contributed by atoms with Crippen molar-refractivity contribution >= 4 is 46.2 Å². The number of aliphatic imine (C=N–C) groups is 1. The van der Waals surface area contributed by atoms with Crippen LogP contribution in [0, 0.1) is 11.6 Å². The highest BCUT2D eigenvalue weighted by molar-refractivity contribution is 7.18. The molecule has 2 rings (SSSR count). The maximum absolute atomic E-state index is 13.4. The lowest BCUT2D eigenvalue weighted by atomic mass is 10.1. The Balaban J connectivity index is 2.16. The Kier molecular flexibility index (Phi) is 7.94. The van der Waals surface area contributed by atoms with Gasteiger partial charge in [-0.3, -0.25) is 9.79 Å². The molecule has 0 saturated heterocycles. The van der Waals surface area contributed by atoms with Gasteiger partial charge in [-0.15, -0.1) is 11.3 Å². The zero-order chi connectivity index (χ0) is 20.8. The molecule has 0 bridgehead atoms. The molecule has 0 spiro atoms. The van der Waals surface area contributed by atoms with Crippen LogP contribution in [0.1, 0.15) is 20.8 Å². The summed E-state index contributed by atoms with van der Waals surface area (Å²) in [7, 11) is 1.53. The SMILES string of the molecule is CN=C(C(Cl)=CN)c1cc(C(=O)NC(CN)Cc2ccc(F)c(F)c2)sc1Cl. The Bertz CT molecular complexity index is 930. The van der Waals surface area contributed by atoms with Gasteiger partial charge < -0.3 is 16.8 Å². The quantitative estimate of drug-likeness (QED) is 0.568. The lowest BCUT2D eigenvalue weighted by molar-refractivity contribution is 0.0942. The molecule has 0 fully saturated rings. The summed E-state index contributed by atoms with van der Waals surface area (Å²) in [6.07, 6.45) is 1.43. The summed E-state index contributed by atoms with van der Waals surface area (Å²) >= 11 is 13.3. The number of amides is 1. The molecule has 1 unspecified atom stereocenters. The van der Waals surface area contributed by atoms with E-state index in [4.69, 9.17) is 34.7 Å². The fourth-order valence-electron chi connectivity index (χ4n) is 2.48. The fourth-order valence-corrected chi connectivity index (χ4v) is 3.84. The molecule has 1 heterocycles. The molecule has 5 nitrogen and oxygen atoms in total. The van der Waals surface area contributed by atoms with Gasteiger partial charge >= 0.3 is 0 Å². The molecule has 1 aromatic carbocycles. The summed E-state index contributed by atoms with van der Waals surface area (Å²) in [4.78, 5) is 17.0. The lowest BCUT2D eigenvalue weighted by Gasteiger charge is -2.16. The third-order valence-electron chi connectivity index (χ3n) is 3.85. The molecule has 0 radical (unpaired) electrons. The Morgan fingerprint density at radius 1 is 1.36 bits per heavy atom. The highest BCUT2D eigenvalue weighted by Gasteiger charge is 2.21. The molecule has 2 aromatic rings. The number of thiophene rings is 1. The molecule has 1 atom stereocenters. The van der Waals surface area contributed by atoms with E-state index in [0.717, 1.165) is 23.5 Å². The number of nitrogens with two attached hydrogens (primary N) is 2. The molecular weight excluding hydrogens is 429 g/mol. The van der Waals surface area contributed by atoms with Gasteiger partial charge in [0.2, 0.25) is 0 Å². The van der Waals surface area contributed by atoms with Gasteiger partial charge in [0, 0.05) is 31.4 Å². The third-order valence-corrected chi connectivity index (χ3v) is 5.51. The summed E-state index contributed by atoms with van der Waals surface area (Å²) in [5.74, 6) is -2.29. The van der Waals surface area contributed by atoms with E-state index < -0.39 is 23.6 Å². The van der Waals surface area contributed by atoms with Crippen molar-refractivity contribution in [2.75, 3.05) is 13.6 Å². The van der Waals surface area contributed by atoms with E-state index in [-0.39, 0.29) is 18.0 Å². The Morgan fingerprint density at radius 3 is 2.64 bits per heavy atom. The van der Waals surface area contributed by atoms with Gasteiger partial charge in [0.25, 0.3) is 5.91 Å². The number of nitrogens with zero attached hydrogens (tertiary/aromatic N) is 1. The predicted octanol–water partition coefficient (Wildman–Crippen LogP) is 3.44. The molecule has 28 heavy (non-hydrogen) atoms. The van der Waals surface area contributed by atoms with Gasteiger partial charge in [0.05, 0.1) is 15.6 Å². The van der Waals surface area contributed by atoms with E-state index in [0.29, 0.717) is 26.1 Å². The smallest absolute Gasteiger partial charge is 0.261 e. The Labute approximate surface area is 175 Å². The average molecular weight is 447 g/mol. The van der Waals surface area contributed by atoms with Gasteiger partial charge in [0.1, 0.15) is 4.34 Å². The van der Waals surface area contributed by atoms with Gasteiger partial charge in [-0.05, 0) is 30.2 Å². The maximum atomic E-state index is 13.4. The molecule has 0 aliphatic rings. The van der Waals surface area contributed by atoms with Crippen LogP contribution in [0.4, 0.5) is 8.78 Å². The van der Waals surface area contributed by atoms with Crippen LogP contribution < -0.4 is 16.8 Å². The van der Waals surface area contributed by atoms with Crippen LogP contribution in [-0.2, 0) is 6.42 Å². The average Bonchev–Trinajstić information content (AvgIpc) is 3.06. The zero-order valence-electron chi connectivity index (χ0n) is 14.8. The first kappa shape index (κ1) is 22.3. The van der Waals surface area contributed by atoms with E-state index in [9.17, 15) is 13.6 Å². The summed E-state index contributed by atoms with van der Waals surface area (Å²) in [6.45, 7) is 0.111. The highest BCUT2D eigenvalue weighted by atomic mass is 35.5. The number of hydrogen-bond donors (Lipinski definition) is 3. The number of hydrogen-bond acceptors (Lipinski definition) is 5. The first-order valence-electron chi connectivity index (χ1n) is 8.09. The molecule has 150 valence electrons. The minimum Gasteiger partial charge on any atom is -0.403 e. The van der Waals surface area contributed by atoms with Crippen LogP contribution in [0.15, 0.2) is 40.5 Å². The minimum absolute atomic E-state index is 0.111. The van der Waals surface area contributed by atoms with Crippen molar-refractivity contribution in [2.45, 2.75) is 12.5 Å². The largest absolute Gasteiger partial charge is 0.403 e. The Morgan fingerprint density at radius 2 is 2.07 bits per heavy atom. The van der Waals surface area contributed by atoms with E-state index in [1.807, 2.05) is 0 Å². The number of carbonyl (C=O) groups is 1. The first-order valence-corrected chi connectivity index (χ1v) is 9.67. The summed E-state index contributed by atoms with van der Waals surface area (Å²) in [6, 6.07) is 4.63. The molecule has 0 aliphatic heterocycles. The number of nitrogens with one attached hydrogen (secondary N) is 1. The van der Waals surface area contributed by atoms with Gasteiger partial charge in [-0.1, -0.05) is 29.3 Å². The second-order valence-corrected chi connectivity index (χ2v) is 7.80. The molecule has 1 aromatic heterocycles. The fraction of sp³-hybridized carbons (Fsp3) is 0.222. The van der Waals surface area contributed by atoms with Crippen molar-refractivity contribution in [3.63, 3.8) is 0 Å². The van der Waals surface area contributed by atoms with E-state index >= 15 is 0 Å². The lowest BCUT2D eigenvalue weighted by Crippen LogP contribution is -2.41. The Hall–Kier alpha value is -2.00. The number of carbonyl (C=O) groups excluding carboxylic acids is 1. The molecule has 0 aliphatic carbocycles. The number of halogens is 4. The van der Waals surface area contributed by atoms with Gasteiger partial charge in [-0.25, -0.2) is 8.78 Å².